The summed E-state index contributed by atoms with van der Waals surface area (Å²) in [5.41, 5.74) is 2.89. The third-order valence-corrected chi connectivity index (χ3v) is 6.73. The summed E-state index contributed by atoms with van der Waals surface area (Å²) in [6.45, 7) is 4.22. The molecule has 1 saturated carbocycles. The van der Waals surface area contributed by atoms with Gasteiger partial charge in [-0.15, -0.1) is 0 Å². The number of hydrogen-bond acceptors (Lipinski definition) is 4. The van der Waals surface area contributed by atoms with Crippen LogP contribution in [0.25, 0.3) is 16.2 Å². The van der Waals surface area contributed by atoms with Gasteiger partial charge in [-0.2, -0.15) is 0 Å². The lowest BCUT2D eigenvalue weighted by Crippen LogP contribution is -2.41. The Balaban J connectivity index is 1.57. The van der Waals surface area contributed by atoms with Gasteiger partial charge in [0.1, 0.15) is 10.6 Å². The number of nitrogens with zero attached hydrogens (tertiary/aromatic N) is 2. The summed E-state index contributed by atoms with van der Waals surface area (Å²) in [5.74, 6) is 1.41. The number of thiazole rings is 1. The second kappa shape index (κ2) is 7.35. The molecule has 4 rings (SSSR count). The van der Waals surface area contributed by atoms with Crippen molar-refractivity contribution in [1.82, 2.24) is 14.7 Å². The molecule has 27 heavy (non-hydrogen) atoms. The lowest BCUT2D eigenvalue weighted by atomic mass is 9.86. The normalized spacial score (nSPS) is 20.0. The van der Waals surface area contributed by atoms with Crippen LogP contribution in [0.4, 0.5) is 0 Å². The topological polar surface area (TPSA) is 55.6 Å². The standard InChI is InChI=1S/C21H25N3O2S/c1-13-6-4-5-7-17(13)22-20(25)19-14(2)24-12-18(23-21(24)27-19)15-8-10-16(26-3)11-9-15/h8-13,17H,4-7H2,1-3H3,(H,22,25)/t13-,17+/m0/s1. The van der Waals surface area contributed by atoms with Gasteiger partial charge in [0.2, 0.25) is 0 Å². The van der Waals surface area contributed by atoms with E-state index in [0.29, 0.717) is 5.92 Å². The molecule has 1 aliphatic rings. The van der Waals surface area contributed by atoms with Crippen LogP contribution in [0, 0.1) is 12.8 Å². The molecule has 5 nitrogen and oxygen atoms in total. The largest absolute Gasteiger partial charge is 0.497 e. The lowest BCUT2D eigenvalue weighted by molar-refractivity contribution is 0.0913. The number of imidazole rings is 1. The van der Waals surface area contributed by atoms with Gasteiger partial charge in [0, 0.05) is 23.5 Å². The Kier molecular flexibility index (Phi) is 4.91. The first-order valence-electron chi connectivity index (χ1n) is 9.50. The van der Waals surface area contributed by atoms with Crippen molar-refractivity contribution in [3.8, 4) is 17.0 Å². The number of benzene rings is 1. The molecular formula is C21H25N3O2S. The molecular weight excluding hydrogens is 358 g/mol. The van der Waals surface area contributed by atoms with Crippen molar-refractivity contribution in [3.05, 3.63) is 41.0 Å². The first-order valence-corrected chi connectivity index (χ1v) is 10.3. The van der Waals surface area contributed by atoms with E-state index in [1.807, 2.05) is 41.8 Å². The maximum atomic E-state index is 12.8. The Morgan fingerprint density at radius 3 is 2.67 bits per heavy atom. The Labute approximate surface area is 163 Å². The van der Waals surface area contributed by atoms with Crippen LogP contribution in [0.15, 0.2) is 30.5 Å². The van der Waals surface area contributed by atoms with E-state index >= 15 is 0 Å². The molecule has 2 aromatic heterocycles. The van der Waals surface area contributed by atoms with E-state index < -0.39 is 0 Å². The minimum Gasteiger partial charge on any atom is -0.497 e. The summed E-state index contributed by atoms with van der Waals surface area (Å²) in [6, 6.07) is 8.15. The molecule has 0 saturated heterocycles. The second-order valence-corrected chi connectivity index (χ2v) is 8.34. The quantitative estimate of drug-likeness (QED) is 0.711. The number of hydrogen-bond donors (Lipinski definition) is 1. The van der Waals surface area contributed by atoms with E-state index in [0.717, 1.165) is 39.0 Å². The zero-order valence-corrected chi connectivity index (χ0v) is 16.8. The molecule has 0 bridgehead atoms. The van der Waals surface area contributed by atoms with E-state index in [4.69, 9.17) is 9.72 Å². The molecule has 1 N–H and O–H groups in total. The summed E-state index contributed by atoms with van der Waals surface area (Å²) in [4.78, 5) is 19.1. The van der Waals surface area contributed by atoms with Crippen molar-refractivity contribution in [2.45, 2.75) is 45.6 Å². The van der Waals surface area contributed by atoms with Gasteiger partial charge < -0.3 is 10.1 Å². The summed E-state index contributed by atoms with van der Waals surface area (Å²) in [6.07, 6.45) is 6.75. The van der Waals surface area contributed by atoms with Crippen molar-refractivity contribution in [2.75, 3.05) is 7.11 Å². The van der Waals surface area contributed by atoms with Crippen LogP contribution in [-0.2, 0) is 0 Å². The fourth-order valence-electron chi connectivity index (χ4n) is 3.83. The van der Waals surface area contributed by atoms with E-state index in [9.17, 15) is 4.79 Å². The maximum Gasteiger partial charge on any atom is 0.263 e. The van der Waals surface area contributed by atoms with Crippen molar-refractivity contribution in [2.24, 2.45) is 5.92 Å². The number of methoxy groups -OCH3 is 1. The van der Waals surface area contributed by atoms with Gasteiger partial charge in [-0.25, -0.2) is 4.98 Å². The Morgan fingerprint density at radius 2 is 2.00 bits per heavy atom. The Bertz CT molecular complexity index is 958. The van der Waals surface area contributed by atoms with Crippen LogP contribution in [0.2, 0.25) is 0 Å². The van der Waals surface area contributed by atoms with Crippen molar-refractivity contribution in [3.63, 3.8) is 0 Å². The predicted molar refractivity (Wildman–Crippen MR) is 109 cm³/mol. The third kappa shape index (κ3) is 3.46. The predicted octanol–water partition coefficient (Wildman–Crippen LogP) is 4.69. The van der Waals surface area contributed by atoms with Gasteiger partial charge in [0.25, 0.3) is 5.91 Å². The molecule has 0 radical (unpaired) electrons. The van der Waals surface area contributed by atoms with Crippen LogP contribution < -0.4 is 10.1 Å². The molecule has 1 aliphatic carbocycles. The minimum atomic E-state index is 0.0350. The molecule has 1 fully saturated rings. The lowest BCUT2D eigenvalue weighted by Gasteiger charge is -2.29. The SMILES string of the molecule is COc1ccc(-c2cn3c(C)c(C(=O)N[C@@H]4CCCC[C@@H]4C)sc3n2)cc1. The number of aryl methyl sites for hydroxylation is 1. The smallest absolute Gasteiger partial charge is 0.263 e. The number of fused-ring (bicyclic) bond motifs is 1. The molecule has 1 amide bonds. The van der Waals surface area contributed by atoms with Gasteiger partial charge in [-0.05, 0) is 49.9 Å². The van der Waals surface area contributed by atoms with Gasteiger partial charge >= 0.3 is 0 Å². The van der Waals surface area contributed by atoms with Gasteiger partial charge in [-0.3, -0.25) is 9.20 Å². The first-order chi connectivity index (χ1) is 13.1. The fraction of sp³-hybridized carbons (Fsp3) is 0.429. The first kappa shape index (κ1) is 18.0. The minimum absolute atomic E-state index is 0.0350. The average Bonchev–Trinajstić information content (AvgIpc) is 3.23. The number of ether oxygens (including phenoxy) is 1. The average molecular weight is 384 g/mol. The number of nitrogens with one attached hydrogen (secondary N) is 1. The summed E-state index contributed by atoms with van der Waals surface area (Å²) >= 11 is 1.46. The molecule has 2 atom stereocenters. The third-order valence-electron chi connectivity index (χ3n) is 5.58. The summed E-state index contributed by atoms with van der Waals surface area (Å²) in [5, 5.41) is 3.25. The molecule has 6 heteroatoms. The molecule has 0 aliphatic heterocycles. The van der Waals surface area contributed by atoms with Crippen LogP contribution in [0.1, 0.15) is 48.0 Å². The number of amides is 1. The van der Waals surface area contributed by atoms with Gasteiger partial charge in [-0.1, -0.05) is 31.1 Å². The van der Waals surface area contributed by atoms with Crippen molar-refractivity contribution in [1.29, 1.82) is 0 Å². The van der Waals surface area contributed by atoms with Crippen LogP contribution >= 0.6 is 11.3 Å². The van der Waals surface area contributed by atoms with Gasteiger partial charge in [0.15, 0.2) is 4.96 Å². The van der Waals surface area contributed by atoms with E-state index in [-0.39, 0.29) is 11.9 Å². The highest BCUT2D eigenvalue weighted by Crippen LogP contribution is 2.29. The summed E-state index contributed by atoms with van der Waals surface area (Å²) < 4.78 is 7.23. The highest BCUT2D eigenvalue weighted by atomic mass is 32.1. The zero-order valence-electron chi connectivity index (χ0n) is 16.0. The number of rotatable bonds is 4. The van der Waals surface area contributed by atoms with E-state index in [2.05, 4.69) is 12.2 Å². The number of aromatic nitrogens is 2. The van der Waals surface area contributed by atoms with E-state index in [1.54, 1.807) is 7.11 Å². The van der Waals surface area contributed by atoms with Crippen molar-refractivity contribution < 1.29 is 9.53 Å². The number of carbonyl (C=O) groups is 1. The molecule has 142 valence electrons. The fourth-order valence-corrected chi connectivity index (χ4v) is 4.84. The Morgan fingerprint density at radius 1 is 1.26 bits per heavy atom. The van der Waals surface area contributed by atoms with E-state index in [1.165, 1.54) is 30.6 Å². The molecule has 0 unspecified atom stereocenters. The highest BCUT2D eigenvalue weighted by molar-refractivity contribution is 7.19. The zero-order chi connectivity index (χ0) is 19.0. The summed E-state index contributed by atoms with van der Waals surface area (Å²) in [7, 11) is 1.66. The second-order valence-electron chi connectivity index (χ2n) is 7.37. The van der Waals surface area contributed by atoms with Crippen LogP contribution in [0.5, 0.6) is 5.75 Å². The van der Waals surface area contributed by atoms with Crippen LogP contribution in [-0.4, -0.2) is 28.4 Å². The maximum absolute atomic E-state index is 12.8. The molecule has 1 aromatic carbocycles. The number of carbonyl (C=O) groups excluding carboxylic acids is 1. The van der Waals surface area contributed by atoms with Crippen LogP contribution in [0.3, 0.4) is 0 Å². The molecule has 0 spiro atoms. The Hall–Kier alpha value is -2.34. The molecule has 3 aromatic rings. The highest BCUT2D eigenvalue weighted by Gasteiger charge is 2.25. The van der Waals surface area contributed by atoms with Gasteiger partial charge in [0.05, 0.1) is 12.8 Å². The van der Waals surface area contributed by atoms with Crippen molar-refractivity contribution >= 4 is 22.2 Å². The molecule has 2 heterocycles. The monoisotopic (exact) mass is 383 g/mol.